The summed E-state index contributed by atoms with van der Waals surface area (Å²) in [6, 6.07) is 1.44. The summed E-state index contributed by atoms with van der Waals surface area (Å²) < 4.78 is 0. The maximum Gasteiger partial charge on any atom is 0.337 e. The highest BCUT2D eigenvalue weighted by atomic mass is 35.5. The number of hydrogen-bond donors (Lipinski definition) is 2. The Labute approximate surface area is 98.0 Å². The summed E-state index contributed by atoms with van der Waals surface area (Å²) in [4.78, 5) is 16.9. The van der Waals surface area contributed by atoms with Gasteiger partial charge < -0.3 is 15.3 Å². The van der Waals surface area contributed by atoms with E-state index in [0.717, 1.165) is 26.2 Å². The van der Waals surface area contributed by atoms with E-state index in [2.05, 4.69) is 10.3 Å². The molecule has 16 heavy (non-hydrogen) atoms. The average Bonchev–Trinajstić information content (AvgIpc) is 2.30. The number of pyridine rings is 1. The molecule has 1 aromatic heterocycles. The molecule has 1 saturated heterocycles. The molecular weight excluding hydrogens is 230 g/mol. The Hall–Kier alpha value is -1.33. The third-order valence-corrected chi connectivity index (χ3v) is 2.76. The number of nitrogens with one attached hydrogen (secondary N) is 1. The Kier molecular flexibility index (Phi) is 3.26. The van der Waals surface area contributed by atoms with Gasteiger partial charge in [-0.05, 0) is 6.07 Å². The van der Waals surface area contributed by atoms with E-state index in [9.17, 15) is 4.79 Å². The van der Waals surface area contributed by atoms with E-state index in [4.69, 9.17) is 16.7 Å². The summed E-state index contributed by atoms with van der Waals surface area (Å²) in [6.45, 7) is 3.44. The van der Waals surface area contributed by atoms with Crippen LogP contribution in [-0.2, 0) is 0 Å². The van der Waals surface area contributed by atoms with Gasteiger partial charge in [0.05, 0.1) is 10.6 Å². The highest BCUT2D eigenvalue weighted by Gasteiger charge is 2.16. The number of carboxylic acids is 1. The van der Waals surface area contributed by atoms with Crippen molar-refractivity contribution in [2.75, 3.05) is 31.1 Å². The maximum absolute atomic E-state index is 10.7. The fourth-order valence-corrected chi connectivity index (χ4v) is 1.94. The van der Waals surface area contributed by atoms with E-state index in [0.29, 0.717) is 10.8 Å². The lowest BCUT2D eigenvalue weighted by Gasteiger charge is -2.29. The molecule has 0 aromatic carbocycles. The number of aromatic carboxylic acids is 1. The highest BCUT2D eigenvalue weighted by molar-refractivity contribution is 6.33. The van der Waals surface area contributed by atoms with E-state index in [1.165, 1.54) is 12.3 Å². The molecule has 0 saturated carbocycles. The van der Waals surface area contributed by atoms with Crippen molar-refractivity contribution >= 4 is 23.4 Å². The number of carbonyl (C=O) groups is 1. The second kappa shape index (κ2) is 4.67. The van der Waals surface area contributed by atoms with Gasteiger partial charge in [0.25, 0.3) is 0 Å². The van der Waals surface area contributed by atoms with Crippen LogP contribution in [0.25, 0.3) is 0 Å². The van der Waals surface area contributed by atoms with E-state index in [1.807, 2.05) is 4.90 Å². The molecule has 0 spiro atoms. The van der Waals surface area contributed by atoms with Gasteiger partial charge in [-0.3, -0.25) is 0 Å². The number of hydrogen-bond acceptors (Lipinski definition) is 4. The third kappa shape index (κ3) is 2.25. The molecule has 2 rings (SSSR count). The summed E-state index contributed by atoms with van der Waals surface area (Å²) in [5, 5.41) is 12.4. The van der Waals surface area contributed by atoms with Crippen LogP contribution in [0, 0.1) is 0 Å². The maximum atomic E-state index is 10.7. The molecule has 0 aliphatic carbocycles. The Morgan fingerprint density at radius 3 is 2.75 bits per heavy atom. The molecule has 0 atom stereocenters. The Bertz CT molecular complexity index is 405. The number of nitrogens with zero attached hydrogens (tertiary/aromatic N) is 2. The number of aromatic nitrogens is 1. The van der Waals surface area contributed by atoms with Gasteiger partial charge in [0.15, 0.2) is 0 Å². The summed E-state index contributed by atoms with van der Waals surface area (Å²) in [5.74, 6) is -0.352. The molecule has 0 unspecified atom stereocenters. The molecule has 1 aliphatic heterocycles. The number of carboxylic acid groups (broad SMARTS) is 1. The molecule has 0 radical (unpaired) electrons. The average molecular weight is 242 g/mol. The van der Waals surface area contributed by atoms with Crippen LogP contribution < -0.4 is 10.2 Å². The third-order valence-electron chi connectivity index (χ3n) is 2.49. The molecule has 1 aromatic rings. The fourth-order valence-electron chi connectivity index (χ4n) is 1.66. The van der Waals surface area contributed by atoms with Crippen molar-refractivity contribution in [1.29, 1.82) is 0 Å². The van der Waals surface area contributed by atoms with Crippen molar-refractivity contribution in [2.24, 2.45) is 0 Å². The summed E-state index contributed by atoms with van der Waals surface area (Å²) >= 11 is 6.02. The molecular formula is C10H12ClN3O2. The standard InChI is InChI=1S/C10H12ClN3O2/c11-8-5-7(10(15)16)6-13-9(8)14-3-1-12-2-4-14/h5-6,12H,1-4H2,(H,15,16). The van der Waals surface area contributed by atoms with E-state index in [-0.39, 0.29) is 5.56 Å². The van der Waals surface area contributed by atoms with Crippen LogP contribution in [-0.4, -0.2) is 42.2 Å². The zero-order chi connectivity index (χ0) is 11.5. The van der Waals surface area contributed by atoms with Crippen LogP contribution in [0.2, 0.25) is 5.02 Å². The van der Waals surface area contributed by atoms with Crippen LogP contribution in [0.1, 0.15) is 10.4 Å². The number of halogens is 1. The van der Waals surface area contributed by atoms with Crippen LogP contribution in [0.15, 0.2) is 12.3 Å². The normalized spacial score (nSPS) is 16.2. The molecule has 1 fully saturated rings. The van der Waals surface area contributed by atoms with Crippen LogP contribution in [0.4, 0.5) is 5.82 Å². The van der Waals surface area contributed by atoms with Gasteiger partial charge in [0.1, 0.15) is 5.82 Å². The predicted octanol–water partition coefficient (Wildman–Crippen LogP) is 0.843. The van der Waals surface area contributed by atoms with Crippen molar-refractivity contribution < 1.29 is 9.90 Å². The van der Waals surface area contributed by atoms with Gasteiger partial charge in [-0.15, -0.1) is 0 Å². The van der Waals surface area contributed by atoms with Gasteiger partial charge in [-0.25, -0.2) is 9.78 Å². The first kappa shape index (κ1) is 11.2. The smallest absolute Gasteiger partial charge is 0.337 e. The fraction of sp³-hybridized carbons (Fsp3) is 0.400. The van der Waals surface area contributed by atoms with Gasteiger partial charge in [0, 0.05) is 32.4 Å². The Morgan fingerprint density at radius 2 is 2.19 bits per heavy atom. The van der Waals surface area contributed by atoms with Crippen LogP contribution in [0.5, 0.6) is 0 Å². The number of rotatable bonds is 2. The second-order valence-electron chi connectivity index (χ2n) is 3.57. The molecule has 86 valence electrons. The molecule has 6 heteroatoms. The van der Waals surface area contributed by atoms with Crippen molar-refractivity contribution in [3.05, 3.63) is 22.8 Å². The topological polar surface area (TPSA) is 65.5 Å². The van der Waals surface area contributed by atoms with Crippen molar-refractivity contribution in [2.45, 2.75) is 0 Å². The number of piperazine rings is 1. The minimum Gasteiger partial charge on any atom is -0.478 e. The van der Waals surface area contributed by atoms with Crippen molar-refractivity contribution in [1.82, 2.24) is 10.3 Å². The minimum absolute atomic E-state index is 0.115. The van der Waals surface area contributed by atoms with E-state index in [1.54, 1.807) is 0 Å². The predicted molar refractivity (Wildman–Crippen MR) is 61.3 cm³/mol. The first-order valence-electron chi connectivity index (χ1n) is 5.03. The van der Waals surface area contributed by atoms with Crippen molar-refractivity contribution in [3.8, 4) is 0 Å². The lowest BCUT2D eigenvalue weighted by molar-refractivity contribution is 0.0696. The van der Waals surface area contributed by atoms with Gasteiger partial charge in [-0.2, -0.15) is 0 Å². The lowest BCUT2D eigenvalue weighted by Crippen LogP contribution is -2.44. The molecule has 0 bridgehead atoms. The molecule has 1 aliphatic rings. The molecule has 2 heterocycles. The quantitative estimate of drug-likeness (QED) is 0.804. The lowest BCUT2D eigenvalue weighted by atomic mass is 10.2. The van der Waals surface area contributed by atoms with Crippen LogP contribution >= 0.6 is 11.6 Å². The number of anilines is 1. The second-order valence-corrected chi connectivity index (χ2v) is 3.98. The Morgan fingerprint density at radius 1 is 1.50 bits per heavy atom. The van der Waals surface area contributed by atoms with E-state index >= 15 is 0 Å². The first-order chi connectivity index (χ1) is 7.68. The zero-order valence-electron chi connectivity index (χ0n) is 8.61. The highest BCUT2D eigenvalue weighted by Crippen LogP contribution is 2.24. The van der Waals surface area contributed by atoms with Gasteiger partial charge in [-0.1, -0.05) is 11.6 Å². The van der Waals surface area contributed by atoms with Gasteiger partial charge in [0.2, 0.25) is 0 Å². The first-order valence-corrected chi connectivity index (χ1v) is 5.41. The largest absolute Gasteiger partial charge is 0.478 e. The van der Waals surface area contributed by atoms with Crippen LogP contribution in [0.3, 0.4) is 0 Å². The summed E-state index contributed by atoms with van der Waals surface area (Å²) in [5.41, 5.74) is 0.115. The zero-order valence-corrected chi connectivity index (χ0v) is 9.37. The molecule has 0 amide bonds. The monoisotopic (exact) mass is 241 g/mol. The Balaban J connectivity index is 2.24. The van der Waals surface area contributed by atoms with Crippen molar-refractivity contribution in [3.63, 3.8) is 0 Å². The summed E-state index contributed by atoms with van der Waals surface area (Å²) in [7, 11) is 0. The van der Waals surface area contributed by atoms with E-state index < -0.39 is 5.97 Å². The molecule has 2 N–H and O–H groups in total. The summed E-state index contributed by atoms with van der Waals surface area (Å²) in [6.07, 6.45) is 1.34. The minimum atomic E-state index is -1.01. The molecule has 5 nitrogen and oxygen atoms in total. The SMILES string of the molecule is O=C(O)c1cnc(N2CCNCC2)c(Cl)c1. The van der Waals surface area contributed by atoms with Gasteiger partial charge >= 0.3 is 5.97 Å².